The zero-order valence-electron chi connectivity index (χ0n) is 12.3. The molecule has 0 aliphatic heterocycles. The fourth-order valence-electron chi connectivity index (χ4n) is 1.77. The summed E-state index contributed by atoms with van der Waals surface area (Å²) in [7, 11) is 0. The highest BCUT2D eigenvalue weighted by Crippen LogP contribution is 2.18. The molecule has 2 aromatic heterocycles. The average Bonchev–Trinajstić information content (AvgIpc) is 2.86. The van der Waals surface area contributed by atoms with Gasteiger partial charge in [0.25, 0.3) is 0 Å². The van der Waals surface area contributed by atoms with E-state index in [9.17, 15) is 4.79 Å². The lowest BCUT2D eigenvalue weighted by atomic mass is 10.1. The average molecular weight is 290 g/mol. The minimum Gasteiger partial charge on any atom is -0.480 e. The molecular weight excluding hydrogens is 272 g/mol. The van der Waals surface area contributed by atoms with Crippen molar-refractivity contribution in [2.24, 2.45) is 0 Å². The van der Waals surface area contributed by atoms with Crippen LogP contribution in [-0.2, 0) is 11.3 Å². The van der Waals surface area contributed by atoms with Gasteiger partial charge in [0.2, 0.25) is 11.7 Å². The van der Waals surface area contributed by atoms with Crippen LogP contribution in [0.25, 0.3) is 11.5 Å². The van der Waals surface area contributed by atoms with E-state index in [1.165, 1.54) is 0 Å². The second-order valence-corrected chi connectivity index (χ2v) is 5.65. The Balaban J connectivity index is 2.15. The van der Waals surface area contributed by atoms with E-state index in [2.05, 4.69) is 15.1 Å². The van der Waals surface area contributed by atoms with Gasteiger partial charge in [0.15, 0.2) is 0 Å². The van der Waals surface area contributed by atoms with Gasteiger partial charge in [-0.3, -0.25) is 14.7 Å². The summed E-state index contributed by atoms with van der Waals surface area (Å²) in [6, 6.07) is 5.43. The predicted octanol–water partition coefficient (Wildman–Crippen LogP) is 1.82. The van der Waals surface area contributed by atoms with Gasteiger partial charge < -0.3 is 9.63 Å². The second-order valence-electron chi connectivity index (χ2n) is 5.65. The number of nitrogens with zero attached hydrogens (tertiary/aromatic N) is 4. The topological polar surface area (TPSA) is 92.4 Å². The van der Waals surface area contributed by atoms with E-state index in [1.807, 2.05) is 26.8 Å². The predicted molar refractivity (Wildman–Crippen MR) is 75.3 cm³/mol. The standard InChI is InChI=1S/C14H18N4O3/c1-14(2,3)18(9-12(19)20)8-11-16-13(17-21-11)10-6-4-5-7-15-10/h4-7H,8-9H2,1-3H3,(H,19,20). The van der Waals surface area contributed by atoms with Crippen LogP contribution in [0.5, 0.6) is 0 Å². The Hall–Kier alpha value is -2.28. The lowest BCUT2D eigenvalue weighted by molar-refractivity contribution is -0.140. The van der Waals surface area contributed by atoms with Gasteiger partial charge in [0, 0.05) is 11.7 Å². The Kier molecular flexibility index (Phi) is 4.32. The van der Waals surface area contributed by atoms with E-state index in [0.717, 1.165) is 0 Å². The molecule has 7 heteroatoms. The molecule has 1 N–H and O–H groups in total. The zero-order valence-corrected chi connectivity index (χ0v) is 12.3. The third kappa shape index (κ3) is 4.09. The second kappa shape index (κ2) is 6.01. The van der Waals surface area contributed by atoms with E-state index in [-0.39, 0.29) is 18.6 Å². The Morgan fingerprint density at radius 1 is 1.38 bits per heavy atom. The van der Waals surface area contributed by atoms with Crippen LogP contribution < -0.4 is 0 Å². The number of hydrogen-bond donors (Lipinski definition) is 1. The van der Waals surface area contributed by atoms with Crippen molar-refractivity contribution >= 4 is 5.97 Å². The Morgan fingerprint density at radius 2 is 2.14 bits per heavy atom. The molecule has 0 bridgehead atoms. The molecule has 0 aliphatic rings. The SMILES string of the molecule is CC(C)(C)N(CC(=O)O)Cc1nc(-c2ccccn2)no1. The van der Waals surface area contributed by atoms with Crippen molar-refractivity contribution < 1.29 is 14.4 Å². The molecule has 0 atom stereocenters. The molecule has 0 aliphatic carbocycles. The largest absolute Gasteiger partial charge is 0.480 e. The van der Waals surface area contributed by atoms with Gasteiger partial charge in [-0.25, -0.2) is 0 Å². The molecule has 0 fully saturated rings. The van der Waals surface area contributed by atoms with Gasteiger partial charge in [0.1, 0.15) is 5.69 Å². The van der Waals surface area contributed by atoms with Gasteiger partial charge in [-0.2, -0.15) is 4.98 Å². The molecule has 0 radical (unpaired) electrons. The summed E-state index contributed by atoms with van der Waals surface area (Å²) in [5, 5.41) is 12.9. The molecule has 7 nitrogen and oxygen atoms in total. The maximum absolute atomic E-state index is 11.0. The Bertz CT molecular complexity index is 604. The van der Waals surface area contributed by atoms with Crippen molar-refractivity contribution in [2.75, 3.05) is 6.54 Å². The van der Waals surface area contributed by atoms with Crippen LogP contribution >= 0.6 is 0 Å². The maximum Gasteiger partial charge on any atom is 0.317 e. The summed E-state index contributed by atoms with van der Waals surface area (Å²) < 4.78 is 5.19. The summed E-state index contributed by atoms with van der Waals surface area (Å²) in [4.78, 5) is 21.1. The van der Waals surface area contributed by atoms with Crippen LogP contribution in [0.15, 0.2) is 28.9 Å². The number of aliphatic carboxylic acids is 1. The van der Waals surface area contributed by atoms with Crippen LogP contribution in [0.4, 0.5) is 0 Å². The number of pyridine rings is 1. The third-order valence-corrected chi connectivity index (χ3v) is 2.96. The van der Waals surface area contributed by atoms with E-state index in [4.69, 9.17) is 9.63 Å². The van der Waals surface area contributed by atoms with Gasteiger partial charge in [0.05, 0.1) is 13.1 Å². The fourth-order valence-corrected chi connectivity index (χ4v) is 1.77. The normalized spacial score (nSPS) is 11.8. The molecule has 2 heterocycles. The van der Waals surface area contributed by atoms with Crippen LogP contribution in [0.3, 0.4) is 0 Å². The highest BCUT2D eigenvalue weighted by Gasteiger charge is 2.25. The van der Waals surface area contributed by atoms with Crippen LogP contribution in [0.1, 0.15) is 26.7 Å². The molecular formula is C14H18N4O3. The van der Waals surface area contributed by atoms with Crippen molar-refractivity contribution in [1.82, 2.24) is 20.0 Å². The van der Waals surface area contributed by atoms with Crippen LogP contribution in [-0.4, -0.2) is 43.2 Å². The maximum atomic E-state index is 11.0. The van der Waals surface area contributed by atoms with Crippen molar-refractivity contribution in [2.45, 2.75) is 32.9 Å². The molecule has 2 rings (SSSR count). The number of carbonyl (C=O) groups is 1. The molecule has 0 amide bonds. The first-order chi connectivity index (χ1) is 9.86. The summed E-state index contributed by atoms with van der Waals surface area (Å²) in [6.07, 6.45) is 1.65. The highest BCUT2D eigenvalue weighted by atomic mass is 16.5. The lowest BCUT2D eigenvalue weighted by Gasteiger charge is -2.32. The quantitative estimate of drug-likeness (QED) is 0.897. The fraction of sp³-hybridized carbons (Fsp3) is 0.429. The van der Waals surface area contributed by atoms with Crippen molar-refractivity contribution in [3.63, 3.8) is 0 Å². The first kappa shape index (κ1) is 15.1. The molecule has 21 heavy (non-hydrogen) atoms. The van der Waals surface area contributed by atoms with E-state index in [1.54, 1.807) is 23.2 Å². The van der Waals surface area contributed by atoms with E-state index in [0.29, 0.717) is 17.4 Å². The van der Waals surface area contributed by atoms with E-state index < -0.39 is 5.97 Å². The summed E-state index contributed by atoms with van der Waals surface area (Å²) in [5.41, 5.74) is 0.297. The third-order valence-electron chi connectivity index (χ3n) is 2.96. The molecule has 0 spiro atoms. The minimum absolute atomic E-state index is 0.0925. The summed E-state index contributed by atoms with van der Waals surface area (Å²) >= 11 is 0. The minimum atomic E-state index is -0.894. The number of rotatable bonds is 5. The molecule has 0 unspecified atom stereocenters. The molecule has 0 aromatic carbocycles. The number of aromatic nitrogens is 3. The number of carboxylic acids is 1. The molecule has 2 aromatic rings. The smallest absolute Gasteiger partial charge is 0.317 e. The lowest BCUT2D eigenvalue weighted by Crippen LogP contribution is -2.43. The summed E-state index contributed by atoms with van der Waals surface area (Å²) in [5.74, 6) is -0.129. The van der Waals surface area contributed by atoms with Crippen molar-refractivity contribution in [1.29, 1.82) is 0 Å². The number of carboxylic acid groups (broad SMARTS) is 1. The van der Waals surface area contributed by atoms with Crippen molar-refractivity contribution in [3.8, 4) is 11.5 Å². The van der Waals surface area contributed by atoms with Crippen molar-refractivity contribution in [3.05, 3.63) is 30.3 Å². The van der Waals surface area contributed by atoms with Crippen LogP contribution in [0, 0.1) is 0 Å². The zero-order chi connectivity index (χ0) is 15.5. The monoisotopic (exact) mass is 290 g/mol. The highest BCUT2D eigenvalue weighted by molar-refractivity contribution is 5.69. The van der Waals surface area contributed by atoms with Gasteiger partial charge in [-0.05, 0) is 32.9 Å². The molecule has 0 saturated carbocycles. The van der Waals surface area contributed by atoms with Gasteiger partial charge in [-0.15, -0.1) is 0 Å². The van der Waals surface area contributed by atoms with E-state index >= 15 is 0 Å². The Labute approximate surface area is 122 Å². The molecule has 0 saturated heterocycles. The number of hydrogen-bond acceptors (Lipinski definition) is 6. The molecule has 112 valence electrons. The first-order valence-corrected chi connectivity index (χ1v) is 6.57. The summed E-state index contributed by atoms with van der Waals surface area (Å²) in [6.45, 7) is 5.99. The Morgan fingerprint density at radius 3 is 2.71 bits per heavy atom. The van der Waals surface area contributed by atoms with Gasteiger partial charge in [-0.1, -0.05) is 11.2 Å². The first-order valence-electron chi connectivity index (χ1n) is 6.57. The van der Waals surface area contributed by atoms with Gasteiger partial charge >= 0.3 is 5.97 Å². The van der Waals surface area contributed by atoms with Crippen LogP contribution in [0.2, 0.25) is 0 Å².